The van der Waals surface area contributed by atoms with Crippen LogP contribution in [0.4, 0.5) is 19.0 Å². The van der Waals surface area contributed by atoms with Crippen LogP contribution < -0.4 is 5.32 Å². The molecule has 1 fully saturated rings. The first-order chi connectivity index (χ1) is 14.3. The van der Waals surface area contributed by atoms with Crippen LogP contribution in [0.25, 0.3) is 11.0 Å². The molecular formula is C22H22F3N5. The van der Waals surface area contributed by atoms with Crippen molar-refractivity contribution < 1.29 is 13.2 Å². The van der Waals surface area contributed by atoms with Crippen LogP contribution in [0.2, 0.25) is 0 Å². The number of aromatic nitrogens is 3. The van der Waals surface area contributed by atoms with Crippen molar-refractivity contribution in [2.24, 2.45) is 5.92 Å². The molecule has 5 nitrogen and oxygen atoms in total. The van der Waals surface area contributed by atoms with Crippen molar-refractivity contribution >= 4 is 16.9 Å². The van der Waals surface area contributed by atoms with Gasteiger partial charge in [-0.15, -0.1) is 0 Å². The highest BCUT2D eigenvalue weighted by Gasteiger charge is 2.30. The molecule has 0 amide bonds. The predicted molar refractivity (Wildman–Crippen MR) is 108 cm³/mol. The molecule has 8 heteroatoms. The second-order valence-corrected chi connectivity index (χ2v) is 7.93. The molecule has 0 aliphatic heterocycles. The van der Waals surface area contributed by atoms with E-state index in [0.717, 1.165) is 23.2 Å². The topological polar surface area (TPSA) is 66.5 Å². The summed E-state index contributed by atoms with van der Waals surface area (Å²) >= 11 is 0. The first-order valence-electron chi connectivity index (χ1n) is 9.96. The summed E-state index contributed by atoms with van der Waals surface area (Å²) in [5.41, 5.74) is 2.51. The van der Waals surface area contributed by atoms with Crippen LogP contribution in [-0.2, 0) is 12.7 Å². The van der Waals surface area contributed by atoms with Crippen LogP contribution in [0.15, 0.2) is 30.6 Å². The molecule has 2 heterocycles. The molecule has 4 rings (SSSR count). The fourth-order valence-electron chi connectivity index (χ4n) is 3.86. The van der Waals surface area contributed by atoms with Gasteiger partial charge in [0.2, 0.25) is 0 Å². The van der Waals surface area contributed by atoms with E-state index in [2.05, 4.69) is 28.3 Å². The number of anilines is 1. The second-order valence-electron chi connectivity index (χ2n) is 7.93. The average molecular weight is 413 g/mol. The quantitative estimate of drug-likeness (QED) is 0.618. The van der Waals surface area contributed by atoms with E-state index in [1.807, 2.05) is 11.5 Å². The number of rotatable bonds is 5. The lowest BCUT2D eigenvalue weighted by Crippen LogP contribution is -2.31. The molecule has 0 spiro atoms. The molecule has 156 valence electrons. The van der Waals surface area contributed by atoms with Gasteiger partial charge in [-0.25, -0.2) is 9.97 Å². The molecule has 0 saturated heterocycles. The molecule has 1 aromatic carbocycles. The van der Waals surface area contributed by atoms with E-state index in [9.17, 15) is 18.4 Å². The van der Waals surface area contributed by atoms with E-state index in [1.165, 1.54) is 31.4 Å². The zero-order chi connectivity index (χ0) is 21.5. The Morgan fingerprint density at radius 3 is 2.53 bits per heavy atom. The van der Waals surface area contributed by atoms with Crippen molar-refractivity contribution in [3.05, 3.63) is 53.0 Å². The largest absolute Gasteiger partial charge is 0.416 e. The lowest BCUT2D eigenvalue weighted by atomic mass is 9.80. The summed E-state index contributed by atoms with van der Waals surface area (Å²) in [6.07, 6.45) is 0.849. The number of alkyl halides is 3. The number of halogens is 3. The van der Waals surface area contributed by atoms with Gasteiger partial charge in [-0.3, -0.25) is 0 Å². The highest BCUT2D eigenvalue weighted by Crippen LogP contribution is 2.33. The van der Waals surface area contributed by atoms with Crippen molar-refractivity contribution in [3.8, 4) is 6.07 Å². The lowest BCUT2D eigenvalue weighted by molar-refractivity contribution is -0.137. The van der Waals surface area contributed by atoms with E-state index in [1.54, 1.807) is 6.33 Å². The third-order valence-electron chi connectivity index (χ3n) is 5.96. The van der Waals surface area contributed by atoms with Gasteiger partial charge in [-0.1, -0.05) is 18.6 Å². The van der Waals surface area contributed by atoms with Crippen molar-refractivity contribution in [2.45, 2.75) is 51.9 Å². The standard InChI is InChI=1S/C22H22F3N5/c1-13-18(10-26)29-21(28-14(2)16-4-3-5-16)20-19(13)27-12-30(20)11-15-6-8-17(9-7-15)22(23,24)25/h6-9,12,14,16H,3-5,11H2,1-2H3,(H,28,29). The molecule has 1 atom stereocenters. The van der Waals surface area contributed by atoms with Gasteiger partial charge in [-0.2, -0.15) is 18.4 Å². The Hall–Kier alpha value is -3.08. The summed E-state index contributed by atoms with van der Waals surface area (Å²) < 4.78 is 40.4. The maximum absolute atomic E-state index is 12.8. The number of nitrogens with zero attached hydrogens (tertiary/aromatic N) is 4. The van der Waals surface area contributed by atoms with Gasteiger partial charge in [0.25, 0.3) is 0 Å². The Morgan fingerprint density at radius 1 is 1.27 bits per heavy atom. The Labute approximate surface area is 172 Å². The predicted octanol–water partition coefficient (Wildman–Crippen LogP) is 5.28. The number of hydrogen-bond donors (Lipinski definition) is 1. The van der Waals surface area contributed by atoms with Gasteiger partial charge in [-0.05, 0) is 50.3 Å². The summed E-state index contributed by atoms with van der Waals surface area (Å²) in [5.74, 6) is 1.16. The number of fused-ring (bicyclic) bond motifs is 1. The van der Waals surface area contributed by atoms with E-state index < -0.39 is 11.7 Å². The first kappa shape index (κ1) is 20.2. The van der Waals surface area contributed by atoms with Gasteiger partial charge < -0.3 is 9.88 Å². The van der Waals surface area contributed by atoms with Crippen LogP contribution >= 0.6 is 0 Å². The molecular weight excluding hydrogens is 391 g/mol. The van der Waals surface area contributed by atoms with Gasteiger partial charge in [0.15, 0.2) is 5.82 Å². The Morgan fingerprint density at radius 2 is 1.97 bits per heavy atom. The number of imidazole rings is 1. The van der Waals surface area contributed by atoms with E-state index in [4.69, 9.17) is 0 Å². The highest BCUT2D eigenvalue weighted by molar-refractivity contribution is 5.90. The van der Waals surface area contributed by atoms with Crippen molar-refractivity contribution in [3.63, 3.8) is 0 Å². The molecule has 1 aliphatic carbocycles. The fraction of sp³-hybridized carbons (Fsp3) is 0.409. The average Bonchev–Trinajstić information content (AvgIpc) is 3.06. The second kappa shape index (κ2) is 7.63. The minimum atomic E-state index is -4.36. The van der Waals surface area contributed by atoms with Crippen LogP contribution in [0.5, 0.6) is 0 Å². The number of aryl methyl sites for hydroxylation is 1. The number of nitriles is 1. The normalized spacial score (nSPS) is 15.6. The van der Waals surface area contributed by atoms with Gasteiger partial charge in [0.05, 0.1) is 17.4 Å². The monoisotopic (exact) mass is 413 g/mol. The molecule has 1 N–H and O–H groups in total. The fourth-order valence-corrected chi connectivity index (χ4v) is 3.86. The SMILES string of the molecule is Cc1c(C#N)nc(NC(C)C2CCC2)c2c1ncn2Cc1ccc(C(F)(F)F)cc1. The molecule has 2 aromatic heterocycles. The lowest BCUT2D eigenvalue weighted by Gasteiger charge is -2.32. The maximum Gasteiger partial charge on any atom is 0.416 e. The Bertz CT molecular complexity index is 1100. The van der Waals surface area contributed by atoms with E-state index >= 15 is 0 Å². The molecule has 1 saturated carbocycles. The third-order valence-corrected chi connectivity index (χ3v) is 5.96. The van der Waals surface area contributed by atoms with Gasteiger partial charge >= 0.3 is 6.18 Å². The number of benzene rings is 1. The van der Waals surface area contributed by atoms with Crippen molar-refractivity contribution in [1.29, 1.82) is 5.26 Å². The maximum atomic E-state index is 12.8. The molecule has 1 aliphatic rings. The smallest absolute Gasteiger partial charge is 0.365 e. The Balaban J connectivity index is 1.71. The van der Waals surface area contributed by atoms with E-state index in [0.29, 0.717) is 35.1 Å². The number of hydrogen-bond acceptors (Lipinski definition) is 4. The van der Waals surface area contributed by atoms with Crippen LogP contribution in [-0.4, -0.2) is 20.6 Å². The zero-order valence-corrected chi connectivity index (χ0v) is 16.8. The van der Waals surface area contributed by atoms with E-state index in [-0.39, 0.29) is 6.04 Å². The Kier molecular flexibility index (Phi) is 5.14. The first-order valence-corrected chi connectivity index (χ1v) is 9.96. The number of pyridine rings is 1. The molecule has 0 radical (unpaired) electrons. The molecule has 3 aromatic rings. The minimum Gasteiger partial charge on any atom is -0.365 e. The summed E-state index contributed by atoms with van der Waals surface area (Å²) in [6.45, 7) is 4.27. The third kappa shape index (κ3) is 3.72. The molecule has 1 unspecified atom stereocenters. The van der Waals surface area contributed by atoms with Crippen LogP contribution in [0.3, 0.4) is 0 Å². The molecule has 0 bridgehead atoms. The summed E-state index contributed by atoms with van der Waals surface area (Å²) in [4.78, 5) is 9.02. The zero-order valence-electron chi connectivity index (χ0n) is 16.8. The van der Waals surface area contributed by atoms with Crippen LogP contribution in [0, 0.1) is 24.2 Å². The summed E-state index contributed by atoms with van der Waals surface area (Å²) in [7, 11) is 0. The van der Waals surface area contributed by atoms with Gasteiger partial charge in [0, 0.05) is 18.2 Å². The number of nitrogens with one attached hydrogen (secondary N) is 1. The summed E-state index contributed by atoms with van der Waals surface area (Å²) in [5, 5.41) is 12.9. The van der Waals surface area contributed by atoms with Crippen molar-refractivity contribution in [2.75, 3.05) is 5.32 Å². The van der Waals surface area contributed by atoms with Crippen molar-refractivity contribution in [1.82, 2.24) is 14.5 Å². The van der Waals surface area contributed by atoms with Gasteiger partial charge in [0.1, 0.15) is 17.3 Å². The molecule has 30 heavy (non-hydrogen) atoms. The highest BCUT2D eigenvalue weighted by atomic mass is 19.4. The summed E-state index contributed by atoms with van der Waals surface area (Å²) in [6, 6.07) is 7.46. The van der Waals surface area contributed by atoms with Crippen LogP contribution in [0.1, 0.15) is 48.6 Å². The minimum absolute atomic E-state index is 0.207.